The molecule has 7 heteroatoms. The molecule has 1 aliphatic rings. The standard InChI is InChI=1S/C17H20N4O2S/c1-8-5-14-11(7-13(8)22-4)20-17(23-14)21-9(2)6-12-15(10(21)3)24-16(18)19-12/h5,7,9-10H,6H2,1-4H3,(H2,18,19)/t9-,10+/m1/s1. The number of nitrogen functional groups attached to an aromatic ring is 1. The molecule has 0 saturated heterocycles. The molecule has 0 amide bonds. The molecular weight excluding hydrogens is 324 g/mol. The Morgan fingerprint density at radius 1 is 1.33 bits per heavy atom. The van der Waals surface area contributed by atoms with Crippen molar-refractivity contribution in [2.75, 3.05) is 17.7 Å². The van der Waals surface area contributed by atoms with E-state index in [2.05, 4.69) is 23.7 Å². The molecule has 0 fully saturated rings. The zero-order valence-corrected chi connectivity index (χ0v) is 15.0. The van der Waals surface area contributed by atoms with Gasteiger partial charge in [0.15, 0.2) is 10.7 Å². The minimum Gasteiger partial charge on any atom is -0.496 e. The number of nitrogens with two attached hydrogens (primary N) is 1. The normalized spacial score (nSPS) is 20.4. The first-order chi connectivity index (χ1) is 11.5. The molecule has 4 rings (SSSR count). The second-order valence-electron chi connectivity index (χ2n) is 6.29. The molecule has 1 aromatic carbocycles. The van der Waals surface area contributed by atoms with Crippen molar-refractivity contribution in [1.29, 1.82) is 0 Å². The third kappa shape index (κ3) is 2.23. The number of aryl methyl sites for hydroxylation is 1. The van der Waals surface area contributed by atoms with E-state index in [9.17, 15) is 0 Å². The SMILES string of the molecule is COc1cc2nc(N3[C@H](C)Cc4nc(N)sc4[C@@H]3C)oc2cc1C. The number of hydrogen-bond acceptors (Lipinski definition) is 7. The number of nitrogens with zero attached hydrogens (tertiary/aromatic N) is 3. The number of benzene rings is 1. The number of ether oxygens (including phenoxy) is 1. The largest absolute Gasteiger partial charge is 0.496 e. The molecule has 2 aromatic heterocycles. The van der Waals surface area contributed by atoms with Gasteiger partial charge in [-0.2, -0.15) is 4.98 Å². The molecule has 2 N–H and O–H groups in total. The van der Waals surface area contributed by atoms with E-state index in [-0.39, 0.29) is 12.1 Å². The van der Waals surface area contributed by atoms with Gasteiger partial charge in [-0.3, -0.25) is 0 Å². The molecule has 126 valence electrons. The van der Waals surface area contributed by atoms with Gasteiger partial charge in [-0.1, -0.05) is 11.3 Å². The minimum atomic E-state index is 0.134. The molecule has 0 spiro atoms. The topological polar surface area (TPSA) is 77.4 Å². The van der Waals surface area contributed by atoms with Gasteiger partial charge < -0.3 is 19.8 Å². The Hall–Kier alpha value is -2.28. The highest BCUT2D eigenvalue weighted by molar-refractivity contribution is 7.15. The Kier molecular flexibility index (Phi) is 3.42. The van der Waals surface area contributed by atoms with E-state index >= 15 is 0 Å². The Morgan fingerprint density at radius 2 is 2.12 bits per heavy atom. The Morgan fingerprint density at radius 3 is 2.88 bits per heavy atom. The van der Waals surface area contributed by atoms with Crippen molar-refractivity contribution in [3.63, 3.8) is 0 Å². The van der Waals surface area contributed by atoms with Crippen LogP contribution >= 0.6 is 11.3 Å². The Bertz CT molecular complexity index is 917. The van der Waals surface area contributed by atoms with Gasteiger partial charge in [0.25, 0.3) is 6.01 Å². The molecule has 2 atom stereocenters. The summed E-state index contributed by atoms with van der Waals surface area (Å²) < 4.78 is 11.4. The molecule has 6 nitrogen and oxygen atoms in total. The number of aromatic nitrogens is 2. The number of rotatable bonds is 2. The number of thiazole rings is 1. The lowest BCUT2D eigenvalue weighted by molar-refractivity contribution is 0.412. The van der Waals surface area contributed by atoms with Gasteiger partial charge in [-0.15, -0.1) is 0 Å². The predicted octanol–water partition coefficient (Wildman–Crippen LogP) is 3.70. The molecule has 0 radical (unpaired) electrons. The molecule has 0 saturated carbocycles. The fourth-order valence-electron chi connectivity index (χ4n) is 3.47. The van der Waals surface area contributed by atoms with Crippen LogP contribution in [0.1, 0.15) is 36.0 Å². The van der Waals surface area contributed by atoms with Crippen LogP contribution in [0.2, 0.25) is 0 Å². The van der Waals surface area contributed by atoms with E-state index in [1.54, 1.807) is 18.4 Å². The highest BCUT2D eigenvalue weighted by Gasteiger charge is 2.35. The van der Waals surface area contributed by atoms with Crippen LogP contribution in [0.15, 0.2) is 16.5 Å². The lowest BCUT2D eigenvalue weighted by Gasteiger charge is -2.36. The summed E-state index contributed by atoms with van der Waals surface area (Å²) in [4.78, 5) is 12.6. The third-order valence-corrected chi connectivity index (χ3v) is 5.72. The average molecular weight is 344 g/mol. The quantitative estimate of drug-likeness (QED) is 0.764. The monoisotopic (exact) mass is 344 g/mol. The maximum absolute atomic E-state index is 6.06. The molecule has 24 heavy (non-hydrogen) atoms. The van der Waals surface area contributed by atoms with Crippen LogP contribution in [0.4, 0.5) is 11.1 Å². The van der Waals surface area contributed by atoms with Crippen LogP contribution in [-0.2, 0) is 6.42 Å². The van der Waals surface area contributed by atoms with Gasteiger partial charge in [0, 0.05) is 18.5 Å². The number of anilines is 2. The molecular formula is C17H20N4O2S. The third-order valence-electron chi connectivity index (χ3n) is 4.62. The fraction of sp³-hybridized carbons (Fsp3) is 0.412. The fourth-order valence-corrected chi connectivity index (χ4v) is 4.38. The summed E-state index contributed by atoms with van der Waals surface area (Å²) in [7, 11) is 1.67. The van der Waals surface area contributed by atoms with Crippen molar-refractivity contribution in [3.8, 4) is 5.75 Å². The zero-order chi connectivity index (χ0) is 17.0. The second-order valence-corrected chi connectivity index (χ2v) is 7.35. The van der Waals surface area contributed by atoms with Gasteiger partial charge in [0.05, 0.1) is 23.7 Å². The van der Waals surface area contributed by atoms with Gasteiger partial charge in [-0.05, 0) is 32.4 Å². The number of methoxy groups -OCH3 is 1. The lowest BCUT2D eigenvalue weighted by atomic mass is 10.0. The van der Waals surface area contributed by atoms with Crippen molar-refractivity contribution in [3.05, 3.63) is 28.3 Å². The summed E-state index contributed by atoms with van der Waals surface area (Å²) in [5, 5.41) is 0.624. The van der Waals surface area contributed by atoms with E-state index < -0.39 is 0 Å². The summed E-state index contributed by atoms with van der Waals surface area (Å²) in [6.45, 7) is 6.31. The summed E-state index contributed by atoms with van der Waals surface area (Å²) in [5.41, 5.74) is 9.61. The number of oxazole rings is 1. The molecule has 0 bridgehead atoms. The zero-order valence-electron chi connectivity index (χ0n) is 14.2. The van der Waals surface area contributed by atoms with Gasteiger partial charge in [0.2, 0.25) is 0 Å². The summed E-state index contributed by atoms with van der Waals surface area (Å²) in [6, 6.07) is 4.91. The number of hydrogen-bond donors (Lipinski definition) is 1. The van der Waals surface area contributed by atoms with E-state index in [0.717, 1.165) is 34.5 Å². The highest BCUT2D eigenvalue weighted by atomic mass is 32.1. The second kappa shape index (κ2) is 5.37. The first-order valence-corrected chi connectivity index (χ1v) is 8.78. The molecule has 3 aromatic rings. The first-order valence-electron chi connectivity index (χ1n) is 7.96. The number of fused-ring (bicyclic) bond motifs is 2. The van der Waals surface area contributed by atoms with E-state index in [1.165, 1.54) is 4.88 Å². The van der Waals surface area contributed by atoms with Gasteiger partial charge in [0.1, 0.15) is 11.3 Å². The van der Waals surface area contributed by atoms with Crippen LogP contribution in [0.3, 0.4) is 0 Å². The van der Waals surface area contributed by atoms with Crippen molar-refractivity contribution in [2.24, 2.45) is 0 Å². The maximum atomic E-state index is 6.06. The van der Waals surface area contributed by atoms with Gasteiger partial charge >= 0.3 is 0 Å². The van der Waals surface area contributed by atoms with Crippen LogP contribution in [-0.4, -0.2) is 23.1 Å². The minimum absolute atomic E-state index is 0.134. The highest BCUT2D eigenvalue weighted by Crippen LogP contribution is 2.41. The Balaban J connectivity index is 1.79. The van der Waals surface area contributed by atoms with Crippen molar-refractivity contribution in [2.45, 2.75) is 39.3 Å². The summed E-state index contributed by atoms with van der Waals surface area (Å²) in [5.74, 6) is 0.819. The van der Waals surface area contributed by atoms with Gasteiger partial charge in [-0.25, -0.2) is 4.98 Å². The van der Waals surface area contributed by atoms with E-state index in [1.807, 2.05) is 19.1 Å². The maximum Gasteiger partial charge on any atom is 0.299 e. The van der Waals surface area contributed by atoms with Crippen LogP contribution < -0.4 is 15.4 Å². The van der Waals surface area contributed by atoms with E-state index in [4.69, 9.17) is 19.9 Å². The molecule has 0 unspecified atom stereocenters. The van der Waals surface area contributed by atoms with Crippen LogP contribution in [0.5, 0.6) is 5.75 Å². The first kappa shape index (κ1) is 15.3. The Labute approximate surface area is 144 Å². The summed E-state index contributed by atoms with van der Waals surface area (Å²) >= 11 is 1.55. The van der Waals surface area contributed by atoms with Crippen LogP contribution in [0.25, 0.3) is 11.1 Å². The van der Waals surface area contributed by atoms with E-state index in [0.29, 0.717) is 11.1 Å². The van der Waals surface area contributed by atoms with Crippen LogP contribution in [0, 0.1) is 6.92 Å². The molecule has 3 heterocycles. The molecule has 1 aliphatic heterocycles. The lowest BCUT2D eigenvalue weighted by Crippen LogP contribution is -2.40. The molecule has 0 aliphatic carbocycles. The van der Waals surface area contributed by atoms with Crippen molar-refractivity contribution >= 4 is 33.6 Å². The van der Waals surface area contributed by atoms with Crippen molar-refractivity contribution < 1.29 is 9.15 Å². The summed E-state index contributed by atoms with van der Waals surface area (Å²) in [6.07, 6.45) is 0.842. The van der Waals surface area contributed by atoms with Crippen molar-refractivity contribution in [1.82, 2.24) is 9.97 Å². The average Bonchev–Trinajstić information content (AvgIpc) is 3.08. The predicted molar refractivity (Wildman–Crippen MR) is 95.9 cm³/mol. The smallest absolute Gasteiger partial charge is 0.299 e.